The van der Waals surface area contributed by atoms with Gasteiger partial charge in [-0.2, -0.15) is 0 Å². The molecule has 2 bridgehead atoms. The van der Waals surface area contributed by atoms with Crippen LogP contribution in [0.5, 0.6) is 0 Å². The van der Waals surface area contributed by atoms with E-state index >= 15 is 0 Å². The minimum absolute atomic E-state index is 0.342. The van der Waals surface area contributed by atoms with E-state index in [1.807, 2.05) is 0 Å². The van der Waals surface area contributed by atoms with Gasteiger partial charge in [-0.15, -0.1) is 0 Å². The molecule has 0 aromatic heterocycles. The normalized spacial score (nSPS) is 43.1. The Morgan fingerprint density at radius 1 is 1.25 bits per heavy atom. The van der Waals surface area contributed by atoms with Crippen LogP contribution in [0.3, 0.4) is 0 Å². The molecule has 4 heterocycles. The smallest absolute Gasteiger partial charge is 0.223 e. The number of hydrogen-bond acceptors (Lipinski definition) is 3. The molecule has 0 aromatic carbocycles. The molecule has 2 atom stereocenters. The lowest BCUT2D eigenvalue weighted by Crippen LogP contribution is -2.57. The second kappa shape index (κ2) is 4.00. The van der Waals surface area contributed by atoms with E-state index in [9.17, 15) is 4.79 Å². The third-order valence-corrected chi connectivity index (χ3v) is 4.59. The summed E-state index contributed by atoms with van der Waals surface area (Å²) in [5, 5.41) is 0. The first-order valence-corrected chi connectivity index (χ1v) is 6.50. The van der Waals surface area contributed by atoms with Crippen molar-refractivity contribution < 1.29 is 4.79 Å². The van der Waals surface area contributed by atoms with Crippen molar-refractivity contribution >= 4 is 5.91 Å². The van der Waals surface area contributed by atoms with E-state index in [1.165, 1.54) is 25.9 Å². The summed E-state index contributed by atoms with van der Waals surface area (Å²) in [6, 6.07) is 0.492. The minimum atomic E-state index is 0.342. The average Bonchev–Trinajstić information content (AvgIpc) is 2.72. The zero-order valence-corrected chi connectivity index (χ0v) is 9.77. The second-order valence-corrected chi connectivity index (χ2v) is 5.56. The molecule has 4 rings (SSSR count). The van der Waals surface area contributed by atoms with Crippen molar-refractivity contribution in [2.45, 2.75) is 25.3 Å². The van der Waals surface area contributed by atoms with Crippen LogP contribution in [-0.2, 0) is 4.79 Å². The van der Waals surface area contributed by atoms with Crippen molar-refractivity contribution in [3.05, 3.63) is 0 Å². The summed E-state index contributed by atoms with van der Waals surface area (Å²) < 4.78 is 0. The van der Waals surface area contributed by atoms with E-state index in [4.69, 9.17) is 5.73 Å². The highest BCUT2D eigenvalue weighted by atomic mass is 16.2. The Morgan fingerprint density at radius 2 is 2.00 bits per heavy atom. The van der Waals surface area contributed by atoms with Crippen LogP contribution in [0.1, 0.15) is 19.3 Å². The summed E-state index contributed by atoms with van der Waals surface area (Å²) >= 11 is 0. The lowest BCUT2D eigenvalue weighted by Gasteiger charge is -2.48. The van der Waals surface area contributed by atoms with E-state index in [2.05, 4.69) is 9.80 Å². The third-order valence-electron chi connectivity index (χ3n) is 4.59. The van der Waals surface area contributed by atoms with Gasteiger partial charge in [0.1, 0.15) is 0 Å². The highest BCUT2D eigenvalue weighted by Crippen LogP contribution is 2.33. The molecule has 0 radical (unpaired) electrons. The van der Waals surface area contributed by atoms with Crippen molar-refractivity contribution in [1.29, 1.82) is 0 Å². The molecule has 4 aliphatic rings. The number of fused-ring (bicyclic) bond motifs is 3. The van der Waals surface area contributed by atoms with Crippen LogP contribution in [0, 0.1) is 11.8 Å². The quantitative estimate of drug-likeness (QED) is 0.710. The average molecular weight is 223 g/mol. The molecule has 1 amide bonds. The zero-order valence-electron chi connectivity index (χ0n) is 9.77. The number of hydrogen-bond donors (Lipinski definition) is 1. The first-order chi connectivity index (χ1) is 7.78. The van der Waals surface area contributed by atoms with Gasteiger partial charge in [0.2, 0.25) is 5.91 Å². The third kappa shape index (κ3) is 1.64. The highest BCUT2D eigenvalue weighted by molar-refractivity contribution is 5.79. The summed E-state index contributed by atoms with van der Waals surface area (Å²) in [5.41, 5.74) is 5.67. The fraction of sp³-hybridized carbons (Fsp3) is 0.917. The fourth-order valence-corrected chi connectivity index (χ4v) is 3.57. The Labute approximate surface area is 96.8 Å². The van der Waals surface area contributed by atoms with Crippen molar-refractivity contribution in [3.8, 4) is 0 Å². The lowest BCUT2D eigenvalue weighted by atomic mass is 9.83. The van der Waals surface area contributed by atoms with Gasteiger partial charge in [-0.25, -0.2) is 0 Å². The summed E-state index contributed by atoms with van der Waals surface area (Å²) in [7, 11) is 0. The fourth-order valence-electron chi connectivity index (χ4n) is 3.57. The molecular weight excluding hydrogens is 202 g/mol. The van der Waals surface area contributed by atoms with Gasteiger partial charge in [-0.3, -0.25) is 4.79 Å². The predicted octanol–water partition coefficient (Wildman–Crippen LogP) is -0.112. The van der Waals surface area contributed by atoms with E-state index in [1.54, 1.807) is 0 Å². The number of rotatable bonds is 2. The number of likely N-dealkylation sites (tertiary alicyclic amines) is 1. The first kappa shape index (κ1) is 10.5. The molecule has 90 valence electrons. The monoisotopic (exact) mass is 223 g/mol. The SMILES string of the molecule is NCC1CC(=O)N(C2CN3CCC2CC3)C1. The number of nitrogens with two attached hydrogens (primary N) is 1. The summed E-state index contributed by atoms with van der Waals surface area (Å²) in [4.78, 5) is 16.6. The van der Waals surface area contributed by atoms with Crippen molar-refractivity contribution in [2.75, 3.05) is 32.7 Å². The molecule has 0 aromatic rings. The number of amides is 1. The molecule has 4 nitrogen and oxygen atoms in total. The molecule has 4 heteroatoms. The van der Waals surface area contributed by atoms with E-state index in [0.29, 0.717) is 30.8 Å². The van der Waals surface area contributed by atoms with Crippen molar-refractivity contribution in [1.82, 2.24) is 9.80 Å². The maximum absolute atomic E-state index is 12.0. The largest absolute Gasteiger partial charge is 0.338 e. The molecule has 4 fully saturated rings. The molecule has 16 heavy (non-hydrogen) atoms. The van der Waals surface area contributed by atoms with Crippen LogP contribution in [0.4, 0.5) is 0 Å². The number of nitrogens with zero attached hydrogens (tertiary/aromatic N) is 2. The van der Waals surface area contributed by atoms with Gasteiger partial charge < -0.3 is 15.5 Å². The maximum atomic E-state index is 12.0. The Hall–Kier alpha value is -0.610. The Bertz CT molecular complexity index is 286. The van der Waals surface area contributed by atoms with Gasteiger partial charge in [0.05, 0.1) is 0 Å². The molecule has 2 N–H and O–H groups in total. The molecule has 4 saturated heterocycles. The Kier molecular flexibility index (Phi) is 2.64. The summed E-state index contributed by atoms with van der Waals surface area (Å²) in [6.45, 7) is 5.15. The second-order valence-electron chi connectivity index (χ2n) is 5.56. The van der Waals surface area contributed by atoms with E-state index in [-0.39, 0.29) is 0 Å². The van der Waals surface area contributed by atoms with Crippen molar-refractivity contribution in [2.24, 2.45) is 17.6 Å². The zero-order chi connectivity index (χ0) is 11.1. The van der Waals surface area contributed by atoms with Gasteiger partial charge in [0, 0.05) is 25.6 Å². The molecule has 0 saturated carbocycles. The van der Waals surface area contributed by atoms with Crippen LogP contribution >= 0.6 is 0 Å². The van der Waals surface area contributed by atoms with Crippen LogP contribution < -0.4 is 5.73 Å². The molecule has 0 spiro atoms. The number of carbonyl (C=O) groups is 1. The van der Waals surface area contributed by atoms with Gasteiger partial charge in [0.15, 0.2) is 0 Å². The molecule has 4 aliphatic heterocycles. The highest BCUT2D eigenvalue weighted by Gasteiger charge is 2.42. The summed E-state index contributed by atoms with van der Waals surface area (Å²) in [6.07, 6.45) is 3.24. The molecule has 0 aliphatic carbocycles. The van der Waals surface area contributed by atoms with Gasteiger partial charge in [-0.05, 0) is 44.3 Å². The standard InChI is InChI=1S/C12H21N3O/c13-6-9-5-12(16)15(7-9)11-8-14-3-1-10(11)2-4-14/h9-11H,1-8,13H2. The molecule has 2 unspecified atom stereocenters. The van der Waals surface area contributed by atoms with Crippen LogP contribution in [-0.4, -0.2) is 54.5 Å². The Morgan fingerprint density at radius 3 is 2.50 bits per heavy atom. The Balaban J connectivity index is 1.71. The topological polar surface area (TPSA) is 49.6 Å². The van der Waals surface area contributed by atoms with E-state index < -0.39 is 0 Å². The van der Waals surface area contributed by atoms with Crippen LogP contribution in [0.15, 0.2) is 0 Å². The van der Waals surface area contributed by atoms with E-state index in [0.717, 1.165) is 19.0 Å². The van der Waals surface area contributed by atoms with Gasteiger partial charge >= 0.3 is 0 Å². The predicted molar refractivity (Wildman–Crippen MR) is 61.8 cm³/mol. The first-order valence-electron chi connectivity index (χ1n) is 6.50. The van der Waals surface area contributed by atoms with Crippen molar-refractivity contribution in [3.63, 3.8) is 0 Å². The maximum Gasteiger partial charge on any atom is 0.223 e. The molecular formula is C12H21N3O. The van der Waals surface area contributed by atoms with Gasteiger partial charge in [-0.1, -0.05) is 0 Å². The van der Waals surface area contributed by atoms with Gasteiger partial charge in [0.25, 0.3) is 0 Å². The number of carbonyl (C=O) groups excluding carboxylic acids is 1. The summed E-state index contributed by atoms with van der Waals surface area (Å²) in [5.74, 6) is 1.50. The number of piperidine rings is 3. The van der Waals surface area contributed by atoms with Crippen LogP contribution in [0.2, 0.25) is 0 Å². The lowest BCUT2D eigenvalue weighted by molar-refractivity contribution is -0.133. The van der Waals surface area contributed by atoms with Crippen LogP contribution in [0.25, 0.3) is 0 Å². The minimum Gasteiger partial charge on any atom is -0.338 e.